The molecule has 1 amide bonds. The molecule has 0 heterocycles. The third-order valence-corrected chi connectivity index (χ3v) is 1.31. The Labute approximate surface area is 68.3 Å². The minimum Gasteiger partial charge on any atom is -0.352 e. The lowest BCUT2D eigenvalue weighted by atomic mass is 10.2. The SMILES string of the molecule is [CH2]CC[C@H]([CH2])NC(=O)[C@H](C)N. The van der Waals surface area contributed by atoms with Crippen molar-refractivity contribution in [3.05, 3.63) is 13.8 Å². The third kappa shape index (κ3) is 4.79. The molecule has 3 N–H and O–H groups in total. The smallest absolute Gasteiger partial charge is 0.236 e. The Morgan fingerprint density at radius 2 is 2.27 bits per heavy atom. The van der Waals surface area contributed by atoms with Crippen molar-refractivity contribution < 1.29 is 4.79 Å². The molecule has 0 aromatic carbocycles. The van der Waals surface area contributed by atoms with Gasteiger partial charge in [-0.25, -0.2) is 0 Å². The van der Waals surface area contributed by atoms with Crippen molar-refractivity contribution >= 4 is 5.91 Å². The zero-order chi connectivity index (χ0) is 8.85. The molecule has 0 rings (SSSR count). The molecule has 0 aliphatic carbocycles. The average molecular weight is 156 g/mol. The highest BCUT2D eigenvalue weighted by Crippen LogP contribution is 1.93. The molecule has 0 unspecified atom stereocenters. The van der Waals surface area contributed by atoms with E-state index in [2.05, 4.69) is 19.2 Å². The van der Waals surface area contributed by atoms with Crippen LogP contribution in [-0.4, -0.2) is 18.0 Å². The molecule has 0 spiro atoms. The fraction of sp³-hybridized carbons (Fsp3) is 0.625. The van der Waals surface area contributed by atoms with Crippen molar-refractivity contribution in [3.8, 4) is 0 Å². The molecule has 0 saturated carbocycles. The van der Waals surface area contributed by atoms with Gasteiger partial charge in [-0.3, -0.25) is 4.79 Å². The van der Waals surface area contributed by atoms with Crippen LogP contribution in [0.4, 0.5) is 0 Å². The molecular formula is C8H16N2O. The van der Waals surface area contributed by atoms with Crippen molar-refractivity contribution in [1.82, 2.24) is 5.32 Å². The highest BCUT2D eigenvalue weighted by molar-refractivity contribution is 5.81. The van der Waals surface area contributed by atoms with E-state index in [1.54, 1.807) is 6.92 Å². The van der Waals surface area contributed by atoms with Crippen molar-refractivity contribution in [1.29, 1.82) is 0 Å². The molecule has 0 bridgehead atoms. The van der Waals surface area contributed by atoms with Gasteiger partial charge in [0.1, 0.15) is 0 Å². The summed E-state index contributed by atoms with van der Waals surface area (Å²) in [4.78, 5) is 10.9. The van der Waals surface area contributed by atoms with E-state index in [1.807, 2.05) is 0 Å². The Kier molecular flexibility index (Phi) is 4.86. The Hall–Kier alpha value is -0.570. The fourth-order valence-corrected chi connectivity index (χ4v) is 0.651. The van der Waals surface area contributed by atoms with E-state index in [9.17, 15) is 4.79 Å². The quantitative estimate of drug-likeness (QED) is 0.613. The number of nitrogens with one attached hydrogen (secondary N) is 1. The minimum atomic E-state index is -0.455. The van der Waals surface area contributed by atoms with Crippen molar-refractivity contribution in [2.24, 2.45) is 5.73 Å². The van der Waals surface area contributed by atoms with E-state index in [0.717, 1.165) is 12.8 Å². The molecule has 0 aliphatic rings. The monoisotopic (exact) mass is 156 g/mol. The topological polar surface area (TPSA) is 55.1 Å². The van der Waals surface area contributed by atoms with Crippen molar-refractivity contribution in [2.75, 3.05) is 0 Å². The van der Waals surface area contributed by atoms with Crippen LogP contribution in [0.25, 0.3) is 0 Å². The van der Waals surface area contributed by atoms with E-state index in [-0.39, 0.29) is 11.9 Å². The van der Waals surface area contributed by atoms with Crippen LogP contribution in [0.2, 0.25) is 0 Å². The second kappa shape index (κ2) is 5.13. The zero-order valence-electron chi connectivity index (χ0n) is 6.97. The van der Waals surface area contributed by atoms with E-state index in [4.69, 9.17) is 5.73 Å². The first kappa shape index (κ1) is 10.4. The molecule has 0 saturated heterocycles. The maximum Gasteiger partial charge on any atom is 0.236 e. The van der Waals surface area contributed by atoms with Gasteiger partial charge in [-0.1, -0.05) is 13.3 Å². The molecule has 3 heteroatoms. The molecule has 0 fully saturated rings. The summed E-state index contributed by atoms with van der Waals surface area (Å²) in [6.07, 6.45) is 1.56. The van der Waals surface area contributed by atoms with Crippen LogP contribution in [0.3, 0.4) is 0 Å². The molecule has 0 aromatic heterocycles. The maximum atomic E-state index is 10.9. The number of carbonyl (C=O) groups excluding carboxylic acids is 1. The Balaban J connectivity index is 3.57. The molecule has 64 valence electrons. The van der Waals surface area contributed by atoms with Gasteiger partial charge in [-0.2, -0.15) is 0 Å². The summed E-state index contributed by atoms with van der Waals surface area (Å²) in [6, 6.07) is -0.518. The van der Waals surface area contributed by atoms with Crippen LogP contribution >= 0.6 is 0 Å². The highest BCUT2D eigenvalue weighted by Gasteiger charge is 2.09. The summed E-state index contributed by atoms with van der Waals surface area (Å²) in [5.74, 6) is -0.154. The number of amides is 1. The van der Waals surface area contributed by atoms with Gasteiger partial charge in [0.25, 0.3) is 0 Å². The average Bonchev–Trinajstić information content (AvgIpc) is 1.87. The summed E-state index contributed by atoms with van der Waals surface area (Å²) in [5.41, 5.74) is 5.32. The van der Waals surface area contributed by atoms with Crippen molar-refractivity contribution in [3.63, 3.8) is 0 Å². The number of nitrogens with two attached hydrogens (primary N) is 1. The van der Waals surface area contributed by atoms with E-state index in [1.165, 1.54) is 0 Å². The molecule has 0 aliphatic heterocycles. The van der Waals surface area contributed by atoms with Gasteiger partial charge in [0, 0.05) is 6.04 Å². The van der Waals surface area contributed by atoms with Crippen LogP contribution in [0.15, 0.2) is 0 Å². The standard InChI is InChI=1S/C8H16N2O/c1-4-5-6(2)10-8(11)7(3)9/h6-7H,1-2,4-5,9H2,3H3,(H,10,11)/t6-,7-/m0/s1. The van der Waals surface area contributed by atoms with E-state index in [0.29, 0.717) is 0 Å². The van der Waals surface area contributed by atoms with Crippen LogP contribution in [0.5, 0.6) is 0 Å². The van der Waals surface area contributed by atoms with E-state index >= 15 is 0 Å². The van der Waals surface area contributed by atoms with Gasteiger partial charge in [-0.05, 0) is 20.3 Å². The third-order valence-electron chi connectivity index (χ3n) is 1.31. The van der Waals surface area contributed by atoms with Gasteiger partial charge in [0.15, 0.2) is 0 Å². The minimum absolute atomic E-state index is 0.0639. The first-order valence-electron chi connectivity index (χ1n) is 3.76. The Bertz CT molecular complexity index is 123. The lowest BCUT2D eigenvalue weighted by molar-refractivity contribution is -0.122. The Morgan fingerprint density at radius 1 is 1.73 bits per heavy atom. The van der Waals surface area contributed by atoms with Gasteiger partial charge >= 0.3 is 0 Å². The zero-order valence-corrected chi connectivity index (χ0v) is 6.97. The second-order valence-corrected chi connectivity index (χ2v) is 2.64. The summed E-state index contributed by atoms with van der Waals surface area (Å²) in [5, 5.41) is 2.67. The molecule has 2 atom stereocenters. The van der Waals surface area contributed by atoms with Crippen LogP contribution in [0.1, 0.15) is 19.8 Å². The largest absolute Gasteiger partial charge is 0.352 e. The van der Waals surface area contributed by atoms with Gasteiger partial charge in [-0.15, -0.1) is 0 Å². The first-order valence-corrected chi connectivity index (χ1v) is 3.76. The second-order valence-electron chi connectivity index (χ2n) is 2.64. The number of hydrogen-bond acceptors (Lipinski definition) is 2. The molecule has 0 aromatic rings. The highest BCUT2D eigenvalue weighted by atomic mass is 16.2. The lowest BCUT2D eigenvalue weighted by Gasteiger charge is -2.13. The molecular weight excluding hydrogens is 140 g/mol. The van der Waals surface area contributed by atoms with Crippen LogP contribution in [0, 0.1) is 13.8 Å². The van der Waals surface area contributed by atoms with Crippen molar-refractivity contribution in [2.45, 2.75) is 31.8 Å². The molecule has 3 nitrogen and oxygen atoms in total. The predicted octanol–water partition coefficient (Wildman–Crippen LogP) is 0.267. The van der Waals surface area contributed by atoms with Crippen LogP contribution in [-0.2, 0) is 4.79 Å². The normalized spacial score (nSPS) is 15.6. The Morgan fingerprint density at radius 3 is 2.64 bits per heavy atom. The van der Waals surface area contributed by atoms with Gasteiger partial charge in [0.05, 0.1) is 6.04 Å². The maximum absolute atomic E-state index is 10.9. The predicted molar refractivity (Wildman–Crippen MR) is 45.5 cm³/mol. The number of hydrogen-bond donors (Lipinski definition) is 2. The molecule has 11 heavy (non-hydrogen) atoms. The summed E-state index contributed by atoms with van der Waals surface area (Å²) in [7, 11) is 0. The van der Waals surface area contributed by atoms with Gasteiger partial charge < -0.3 is 11.1 Å². The fourth-order valence-electron chi connectivity index (χ4n) is 0.651. The first-order chi connectivity index (χ1) is 5.07. The van der Waals surface area contributed by atoms with E-state index < -0.39 is 6.04 Å². The number of rotatable bonds is 4. The van der Waals surface area contributed by atoms with Crippen LogP contribution < -0.4 is 11.1 Å². The summed E-state index contributed by atoms with van der Waals surface area (Å²) in [6.45, 7) is 9.02. The number of carbonyl (C=O) groups is 1. The summed E-state index contributed by atoms with van der Waals surface area (Å²) < 4.78 is 0. The molecule has 2 radical (unpaired) electrons. The lowest BCUT2D eigenvalue weighted by Crippen LogP contribution is -2.42. The summed E-state index contributed by atoms with van der Waals surface area (Å²) >= 11 is 0. The van der Waals surface area contributed by atoms with Gasteiger partial charge in [0.2, 0.25) is 5.91 Å².